The summed E-state index contributed by atoms with van der Waals surface area (Å²) in [5, 5.41) is 13.1. The van der Waals surface area contributed by atoms with Crippen LogP contribution < -0.4 is 0 Å². The van der Waals surface area contributed by atoms with Crippen molar-refractivity contribution in [2.75, 3.05) is 6.54 Å². The van der Waals surface area contributed by atoms with E-state index in [0.717, 1.165) is 50.5 Å². The Labute approximate surface area is 410 Å². The molecule has 4 aliphatic rings. The fourth-order valence-corrected chi connectivity index (χ4v) is 11.4. The summed E-state index contributed by atoms with van der Waals surface area (Å²) in [5.74, 6) is 3.48. The summed E-state index contributed by atoms with van der Waals surface area (Å²) in [6, 6.07) is 7.58. The minimum atomic E-state index is -0.668. The van der Waals surface area contributed by atoms with Crippen molar-refractivity contribution in [1.29, 1.82) is 0 Å². The normalized spacial score (nSPS) is 26.6. The minimum Gasteiger partial charge on any atom is -0.465 e. The standard InChI is InChI=1S/C41H62ClNO5.C10H20O2.3C2H6/c1-26(2)31-18-21-41(36(45)24-43(38(46)48-39(5,6)7)23-29-10-12-30(42)13-11-29)22-19-32-33-14-9-27(3)40(8,20-17-28(4)47-25-44)35(33)16-15-34(32)37(31)41;1-7-10(5,6)8(11)12-9(2,3)4;3*1-2/h10-13,25-28,32-36,45H,9,14-24H2,1-8H3;7H2,1-6H3;3*1-2H3. The highest BCUT2D eigenvalue weighted by molar-refractivity contribution is 6.30. The first-order chi connectivity index (χ1) is 30.8. The molecule has 66 heavy (non-hydrogen) atoms. The van der Waals surface area contributed by atoms with E-state index in [1.54, 1.807) is 16.0 Å². The van der Waals surface area contributed by atoms with Crippen molar-refractivity contribution >= 4 is 30.1 Å². The Kier molecular flexibility index (Phi) is 25.1. The number of benzene rings is 1. The Bertz CT molecular complexity index is 1640. The lowest BCUT2D eigenvalue weighted by atomic mass is 9.45. The van der Waals surface area contributed by atoms with Gasteiger partial charge in [-0.2, -0.15) is 0 Å². The number of nitrogens with zero attached hydrogens (tertiary/aromatic N) is 1. The Balaban J connectivity index is 0.00000104. The number of esters is 1. The highest BCUT2D eigenvalue weighted by atomic mass is 35.5. The molecule has 9 unspecified atom stereocenters. The Hall–Kier alpha value is -2.58. The molecular weight excluding hydrogens is 846 g/mol. The first-order valence-electron chi connectivity index (χ1n) is 26.2. The van der Waals surface area contributed by atoms with E-state index in [4.69, 9.17) is 25.8 Å². The van der Waals surface area contributed by atoms with E-state index in [1.807, 2.05) is 135 Å². The van der Waals surface area contributed by atoms with E-state index in [0.29, 0.717) is 53.5 Å². The zero-order chi connectivity index (χ0) is 51.0. The van der Waals surface area contributed by atoms with Crippen LogP contribution in [0.25, 0.3) is 0 Å². The predicted molar refractivity (Wildman–Crippen MR) is 276 cm³/mol. The van der Waals surface area contributed by atoms with Crippen LogP contribution in [0.3, 0.4) is 0 Å². The van der Waals surface area contributed by atoms with Gasteiger partial charge in [-0.3, -0.25) is 9.59 Å². The summed E-state index contributed by atoms with van der Waals surface area (Å²) < 4.78 is 16.4. The van der Waals surface area contributed by atoms with Gasteiger partial charge in [-0.25, -0.2) is 4.79 Å². The van der Waals surface area contributed by atoms with Gasteiger partial charge in [-0.1, -0.05) is 111 Å². The SMILES string of the molecule is CC.CC.CC.CC(CCC1(C)C(C)CCC2C3CCC4(C(O)CN(Cc5ccc(Cl)cc5)C(=O)OC(C)(C)C)CCC(C(C)C)=C4C3CCC21)OC=O.CCC(C)(C)C(=O)OC(C)(C)C. The number of fused-ring (bicyclic) bond motifs is 5. The maximum Gasteiger partial charge on any atom is 0.410 e. The van der Waals surface area contributed by atoms with E-state index in [1.165, 1.54) is 25.7 Å². The lowest BCUT2D eigenvalue weighted by molar-refractivity contribution is -0.165. The van der Waals surface area contributed by atoms with Crippen LogP contribution >= 0.6 is 11.6 Å². The molecule has 9 heteroatoms. The molecule has 1 amide bonds. The van der Waals surface area contributed by atoms with E-state index in [-0.39, 0.29) is 40.5 Å². The van der Waals surface area contributed by atoms with Crippen molar-refractivity contribution in [3.8, 4) is 0 Å². The number of ether oxygens (including phenoxy) is 3. The summed E-state index contributed by atoms with van der Waals surface area (Å²) in [5.41, 5.74) is 2.66. The van der Waals surface area contributed by atoms with Crippen LogP contribution in [-0.2, 0) is 30.3 Å². The fourth-order valence-electron chi connectivity index (χ4n) is 11.3. The quantitative estimate of drug-likeness (QED) is 0.0909. The molecule has 0 radical (unpaired) electrons. The summed E-state index contributed by atoms with van der Waals surface area (Å²) in [4.78, 5) is 37.8. The fraction of sp³-hybridized carbons (Fsp3) is 0.807. The topological polar surface area (TPSA) is 102 Å². The summed E-state index contributed by atoms with van der Waals surface area (Å²) in [6.45, 7) is 42.0. The smallest absolute Gasteiger partial charge is 0.410 e. The Morgan fingerprint density at radius 1 is 0.848 bits per heavy atom. The van der Waals surface area contributed by atoms with Crippen molar-refractivity contribution in [1.82, 2.24) is 4.90 Å². The van der Waals surface area contributed by atoms with E-state index < -0.39 is 17.8 Å². The first kappa shape index (κ1) is 61.4. The molecule has 8 nitrogen and oxygen atoms in total. The third kappa shape index (κ3) is 16.3. The zero-order valence-electron chi connectivity index (χ0n) is 45.9. The van der Waals surface area contributed by atoms with Crippen molar-refractivity contribution in [3.05, 3.63) is 46.0 Å². The molecule has 4 aliphatic carbocycles. The average molecular weight is 947 g/mol. The van der Waals surface area contributed by atoms with Crippen LogP contribution in [0.15, 0.2) is 35.4 Å². The summed E-state index contributed by atoms with van der Waals surface area (Å²) in [6.07, 6.45) is 10.8. The molecule has 0 saturated heterocycles. The summed E-state index contributed by atoms with van der Waals surface area (Å²) >= 11 is 6.18. The van der Waals surface area contributed by atoms with E-state index >= 15 is 0 Å². The largest absolute Gasteiger partial charge is 0.465 e. The molecule has 0 bridgehead atoms. The molecule has 5 rings (SSSR count). The van der Waals surface area contributed by atoms with Gasteiger partial charge in [-0.15, -0.1) is 0 Å². The number of allylic oxidation sites excluding steroid dienone is 1. The number of carbonyl (C=O) groups excluding carboxylic acids is 3. The van der Waals surface area contributed by atoms with Gasteiger partial charge in [-0.05, 0) is 192 Å². The number of aliphatic hydroxyl groups excluding tert-OH is 1. The monoisotopic (exact) mass is 946 g/mol. The van der Waals surface area contributed by atoms with E-state index in [2.05, 4.69) is 27.7 Å². The molecule has 0 heterocycles. The predicted octanol–water partition coefficient (Wildman–Crippen LogP) is 15.8. The number of amides is 1. The minimum absolute atomic E-state index is 0.0443. The van der Waals surface area contributed by atoms with Crippen LogP contribution in [0, 0.1) is 51.8 Å². The molecule has 3 saturated carbocycles. The van der Waals surface area contributed by atoms with Crippen LogP contribution in [0.5, 0.6) is 0 Å². The number of hydrogen-bond donors (Lipinski definition) is 1. The maximum atomic E-state index is 13.6. The number of halogens is 1. The molecule has 1 aromatic rings. The molecular formula is C57H100ClNO7. The number of aliphatic hydroxyl groups is 1. The summed E-state index contributed by atoms with van der Waals surface area (Å²) in [7, 11) is 0. The zero-order valence-corrected chi connectivity index (χ0v) is 46.7. The van der Waals surface area contributed by atoms with Gasteiger partial charge in [0, 0.05) is 17.0 Å². The lowest BCUT2D eigenvalue weighted by Gasteiger charge is -2.60. The van der Waals surface area contributed by atoms with Gasteiger partial charge in [0.25, 0.3) is 6.47 Å². The number of rotatable bonds is 13. The van der Waals surface area contributed by atoms with Crippen molar-refractivity contribution in [2.45, 2.75) is 239 Å². The number of carbonyl (C=O) groups is 3. The highest BCUT2D eigenvalue weighted by Gasteiger charge is 2.59. The molecule has 9 atom stereocenters. The molecule has 1 N–H and O–H groups in total. The Morgan fingerprint density at radius 3 is 1.94 bits per heavy atom. The van der Waals surface area contributed by atoms with Gasteiger partial charge in [0.1, 0.15) is 11.2 Å². The van der Waals surface area contributed by atoms with Crippen LogP contribution in [0.4, 0.5) is 4.79 Å². The van der Waals surface area contributed by atoms with Gasteiger partial charge < -0.3 is 24.2 Å². The molecule has 1 aromatic carbocycles. The third-order valence-electron chi connectivity index (χ3n) is 15.2. The van der Waals surface area contributed by atoms with Crippen molar-refractivity contribution < 1.29 is 33.7 Å². The molecule has 0 aromatic heterocycles. The lowest BCUT2D eigenvalue weighted by Crippen LogP contribution is -2.54. The number of hydrogen-bond acceptors (Lipinski definition) is 7. The third-order valence-corrected chi connectivity index (χ3v) is 15.4. The van der Waals surface area contributed by atoms with Crippen molar-refractivity contribution in [3.63, 3.8) is 0 Å². The molecule has 0 spiro atoms. The van der Waals surface area contributed by atoms with Crippen LogP contribution in [-0.4, -0.2) is 58.5 Å². The van der Waals surface area contributed by atoms with Gasteiger partial charge in [0.05, 0.1) is 24.2 Å². The Morgan fingerprint density at radius 2 is 1.42 bits per heavy atom. The van der Waals surface area contributed by atoms with Crippen LogP contribution in [0.2, 0.25) is 5.02 Å². The molecule has 0 aliphatic heterocycles. The first-order valence-corrected chi connectivity index (χ1v) is 26.6. The second kappa shape index (κ2) is 27.0. The van der Waals surface area contributed by atoms with Gasteiger partial charge in [0.2, 0.25) is 0 Å². The van der Waals surface area contributed by atoms with Gasteiger partial charge in [0.15, 0.2) is 0 Å². The van der Waals surface area contributed by atoms with Crippen molar-refractivity contribution in [2.24, 2.45) is 51.8 Å². The van der Waals surface area contributed by atoms with Gasteiger partial charge >= 0.3 is 12.1 Å². The molecule has 382 valence electrons. The van der Waals surface area contributed by atoms with E-state index in [9.17, 15) is 19.5 Å². The highest BCUT2D eigenvalue weighted by Crippen LogP contribution is 2.67. The molecule has 3 fully saturated rings. The second-order valence-electron chi connectivity index (χ2n) is 22.2. The average Bonchev–Trinajstić information content (AvgIpc) is 3.68. The van der Waals surface area contributed by atoms with Crippen LogP contribution in [0.1, 0.15) is 215 Å². The second-order valence-corrected chi connectivity index (χ2v) is 22.7. The maximum absolute atomic E-state index is 13.6.